The Morgan fingerprint density at radius 3 is 2.28 bits per heavy atom. The highest BCUT2D eigenvalue weighted by Crippen LogP contribution is 2.43. The van der Waals surface area contributed by atoms with Crippen molar-refractivity contribution >= 4 is 24.2 Å². The lowest BCUT2D eigenvalue weighted by Gasteiger charge is -2.36. The number of ether oxygens (including phenoxy) is 1. The number of aldehydes is 1. The van der Waals surface area contributed by atoms with Crippen molar-refractivity contribution in [1.29, 1.82) is 0 Å². The number of hydrogen-bond donors (Lipinski definition) is 2. The maximum Gasteiger partial charge on any atom is 0.408 e. The summed E-state index contributed by atoms with van der Waals surface area (Å²) in [6.45, 7) is 13.4. The number of nitrogens with one attached hydrogen (secondary N) is 2. The van der Waals surface area contributed by atoms with Crippen molar-refractivity contribution in [2.45, 2.75) is 104 Å². The average Bonchev–Trinajstić information content (AvgIpc) is 3.23. The highest BCUT2D eigenvalue weighted by molar-refractivity contribution is 5.93. The van der Waals surface area contributed by atoms with Crippen molar-refractivity contribution in [3.05, 3.63) is 0 Å². The van der Waals surface area contributed by atoms with Crippen molar-refractivity contribution in [3.8, 4) is 0 Å². The van der Waals surface area contributed by atoms with E-state index in [1.807, 2.05) is 27.7 Å². The normalized spacial score (nSPS) is 25.0. The van der Waals surface area contributed by atoms with Crippen LogP contribution in [-0.2, 0) is 19.1 Å². The van der Waals surface area contributed by atoms with Gasteiger partial charge in [-0.25, -0.2) is 4.79 Å². The molecule has 0 radical (unpaired) electrons. The number of carbonyl (C=O) groups excluding carboxylic acids is 4. The van der Waals surface area contributed by atoms with Crippen LogP contribution in [0.25, 0.3) is 0 Å². The first-order chi connectivity index (χ1) is 14.8. The van der Waals surface area contributed by atoms with Gasteiger partial charge >= 0.3 is 6.09 Å². The predicted molar refractivity (Wildman–Crippen MR) is 122 cm³/mol. The summed E-state index contributed by atoms with van der Waals surface area (Å²) in [5.41, 5.74) is -1.27. The first-order valence-electron chi connectivity index (χ1n) is 11.8. The molecule has 8 heteroatoms. The summed E-state index contributed by atoms with van der Waals surface area (Å²) in [6, 6.07) is -2.02. The number of likely N-dealkylation sites (tertiary alicyclic amines) is 1. The lowest BCUT2D eigenvalue weighted by atomic mass is 9.85. The predicted octanol–water partition coefficient (Wildman–Crippen LogP) is 3.04. The van der Waals surface area contributed by atoms with Gasteiger partial charge in [0.25, 0.3) is 0 Å². The summed E-state index contributed by atoms with van der Waals surface area (Å²) in [6.07, 6.45) is 4.33. The Morgan fingerprint density at radius 1 is 1.09 bits per heavy atom. The molecule has 1 aliphatic carbocycles. The molecule has 0 aromatic heterocycles. The Balaban J connectivity index is 2.27. The Labute approximate surface area is 192 Å². The quantitative estimate of drug-likeness (QED) is 0.579. The third kappa shape index (κ3) is 6.45. The third-order valence-corrected chi connectivity index (χ3v) is 6.31. The van der Waals surface area contributed by atoms with Crippen LogP contribution in [0, 0.1) is 17.3 Å². The minimum Gasteiger partial charge on any atom is -0.444 e. The molecule has 1 saturated heterocycles. The Hall–Kier alpha value is -2.12. The molecule has 182 valence electrons. The number of rotatable bonds is 7. The largest absolute Gasteiger partial charge is 0.444 e. The topological polar surface area (TPSA) is 105 Å². The van der Waals surface area contributed by atoms with Gasteiger partial charge in [-0.15, -0.1) is 0 Å². The van der Waals surface area contributed by atoms with Gasteiger partial charge in [0.15, 0.2) is 0 Å². The zero-order valence-corrected chi connectivity index (χ0v) is 20.7. The van der Waals surface area contributed by atoms with Gasteiger partial charge in [0.2, 0.25) is 11.8 Å². The summed E-state index contributed by atoms with van der Waals surface area (Å²) in [4.78, 5) is 52.5. The van der Waals surface area contributed by atoms with E-state index in [1.54, 1.807) is 25.7 Å². The molecule has 0 unspecified atom stereocenters. The molecule has 0 aromatic carbocycles. The summed E-state index contributed by atoms with van der Waals surface area (Å²) >= 11 is 0. The van der Waals surface area contributed by atoms with E-state index in [4.69, 9.17) is 4.74 Å². The first-order valence-corrected chi connectivity index (χ1v) is 11.8. The summed E-state index contributed by atoms with van der Waals surface area (Å²) in [7, 11) is 0. The van der Waals surface area contributed by atoms with E-state index in [0.29, 0.717) is 13.0 Å². The van der Waals surface area contributed by atoms with E-state index in [1.165, 1.54) is 0 Å². The van der Waals surface area contributed by atoms with E-state index in [9.17, 15) is 19.2 Å². The van der Waals surface area contributed by atoms with E-state index in [-0.39, 0.29) is 23.7 Å². The summed E-state index contributed by atoms with van der Waals surface area (Å²) in [5, 5.41) is 5.59. The van der Waals surface area contributed by atoms with Crippen LogP contribution >= 0.6 is 0 Å². The van der Waals surface area contributed by atoms with Gasteiger partial charge < -0.3 is 25.1 Å². The molecule has 1 heterocycles. The fourth-order valence-electron chi connectivity index (χ4n) is 4.86. The van der Waals surface area contributed by atoms with Crippen LogP contribution in [-0.4, -0.2) is 59.4 Å². The maximum atomic E-state index is 13.7. The molecule has 3 amide bonds. The van der Waals surface area contributed by atoms with E-state index >= 15 is 0 Å². The maximum absolute atomic E-state index is 13.7. The average molecular weight is 452 g/mol. The second kappa shape index (κ2) is 10.2. The van der Waals surface area contributed by atoms with E-state index in [2.05, 4.69) is 10.6 Å². The standard InChI is InChI=1S/C24H41N3O5/c1-8-10-16(14-28)25-20(29)18-17-12-9-11-15(17)13-27(18)21(30)19(23(2,3)4)26-22(31)32-24(5,6)7/h14-19H,8-13H2,1-7H3,(H,25,29)(H,26,31)/t15-,16-,17-,18-,19+/m0/s1. The highest BCUT2D eigenvalue weighted by Gasteiger charge is 2.52. The van der Waals surface area contributed by atoms with Gasteiger partial charge in [-0.05, 0) is 57.3 Å². The Kier molecular flexibility index (Phi) is 8.34. The van der Waals surface area contributed by atoms with Gasteiger partial charge in [0, 0.05) is 6.54 Å². The van der Waals surface area contributed by atoms with Gasteiger partial charge in [-0.2, -0.15) is 0 Å². The van der Waals surface area contributed by atoms with Gasteiger partial charge in [-0.1, -0.05) is 40.5 Å². The zero-order chi connectivity index (χ0) is 24.3. The number of amides is 3. The Morgan fingerprint density at radius 2 is 1.75 bits per heavy atom. The smallest absolute Gasteiger partial charge is 0.408 e. The molecule has 0 aromatic rings. The molecule has 32 heavy (non-hydrogen) atoms. The third-order valence-electron chi connectivity index (χ3n) is 6.31. The molecule has 8 nitrogen and oxygen atoms in total. The molecule has 0 spiro atoms. The molecule has 5 atom stereocenters. The number of fused-ring (bicyclic) bond motifs is 1. The van der Waals surface area contributed by atoms with Crippen molar-refractivity contribution in [2.24, 2.45) is 17.3 Å². The number of nitrogens with zero attached hydrogens (tertiary/aromatic N) is 1. The van der Waals surface area contributed by atoms with Crippen LogP contribution < -0.4 is 10.6 Å². The summed E-state index contributed by atoms with van der Waals surface area (Å²) in [5.74, 6) is -0.216. The van der Waals surface area contributed by atoms with Crippen LogP contribution in [0.15, 0.2) is 0 Å². The van der Waals surface area contributed by atoms with Gasteiger partial charge in [0.05, 0.1) is 6.04 Å². The minimum absolute atomic E-state index is 0.0787. The number of alkyl carbamates (subject to hydrolysis) is 1. The number of hydrogen-bond acceptors (Lipinski definition) is 5. The molecule has 2 N–H and O–H groups in total. The van der Waals surface area contributed by atoms with Crippen LogP contribution in [0.5, 0.6) is 0 Å². The number of carbonyl (C=O) groups is 4. The van der Waals surface area contributed by atoms with Crippen molar-refractivity contribution in [2.75, 3.05) is 6.54 Å². The monoisotopic (exact) mass is 451 g/mol. The molecule has 2 fully saturated rings. The highest BCUT2D eigenvalue weighted by atomic mass is 16.6. The molecule has 2 rings (SSSR count). The van der Waals surface area contributed by atoms with Crippen molar-refractivity contribution in [1.82, 2.24) is 15.5 Å². The van der Waals surface area contributed by atoms with Gasteiger partial charge in [0.1, 0.15) is 24.0 Å². The molecule has 0 bridgehead atoms. The summed E-state index contributed by atoms with van der Waals surface area (Å²) < 4.78 is 5.38. The van der Waals surface area contributed by atoms with Crippen molar-refractivity contribution < 1.29 is 23.9 Å². The minimum atomic E-state index is -0.844. The van der Waals surface area contributed by atoms with Gasteiger partial charge in [-0.3, -0.25) is 9.59 Å². The second-order valence-corrected chi connectivity index (χ2v) is 11.3. The first kappa shape index (κ1) is 26.1. The Bertz CT molecular complexity index is 709. The van der Waals surface area contributed by atoms with E-state index in [0.717, 1.165) is 32.0 Å². The molecule has 2 aliphatic rings. The molecular weight excluding hydrogens is 410 g/mol. The SMILES string of the molecule is CCC[C@@H](C=O)NC(=O)[C@@H]1[C@H]2CCC[C@H]2CN1C(=O)[C@@H](NC(=O)OC(C)(C)C)C(C)(C)C. The van der Waals surface area contributed by atoms with Crippen LogP contribution in [0.2, 0.25) is 0 Å². The fraction of sp³-hybridized carbons (Fsp3) is 0.833. The van der Waals surface area contributed by atoms with Crippen LogP contribution in [0.1, 0.15) is 80.6 Å². The molecular formula is C24H41N3O5. The zero-order valence-electron chi connectivity index (χ0n) is 20.7. The lowest BCUT2D eigenvalue weighted by molar-refractivity contribution is -0.143. The molecule has 1 aliphatic heterocycles. The van der Waals surface area contributed by atoms with Crippen LogP contribution in [0.3, 0.4) is 0 Å². The van der Waals surface area contributed by atoms with Crippen LogP contribution in [0.4, 0.5) is 4.79 Å². The van der Waals surface area contributed by atoms with Crippen molar-refractivity contribution in [3.63, 3.8) is 0 Å². The second-order valence-electron chi connectivity index (χ2n) is 11.3. The fourth-order valence-corrected chi connectivity index (χ4v) is 4.86. The van der Waals surface area contributed by atoms with E-state index < -0.39 is 35.2 Å². The lowest BCUT2D eigenvalue weighted by Crippen LogP contribution is -2.59. The molecule has 1 saturated carbocycles.